The third-order valence-electron chi connectivity index (χ3n) is 4.74. The second-order valence-electron chi connectivity index (χ2n) is 6.84. The van der Waals surface area contributed by atoms with Crippen LogP contribution in [0.15, 0.2) is 48.0 Å². The number of amides is 1. The number of carbonyl (C=O) groups is 1. The summed E-state index contributed by atoms with van der Waals surface area (Å²) >= 11 is 11.9. The van der Waals surface area contributed by atoms with Gasteiger partial charge < -0.3 is 9.88 Å². The highest BCUT2D eigenvalue weighted by molar-refractivity contribution is 6.31. The molecule has 0 aliphatic rings. The van der Waals surface area contributed by atoms with Crippen LogP contribution < -0.4 is 5.32 Å². The quantitative estimate of drug-likeness (QED) is 0.376. The van der Waals surface area contributed by atoms with E-state index in [0.29, 0.717) is 22.0 Å². The zero-order chi connectivity index (χ0) is 22.0. The molecule has 3 aromatic rings. The smallest absolute Gasteiger partial charge is 0.266 e. The molecule has 1 heterocycles. The van der Waals surface area contributed by atoms with E-state index in [1.54, 1.807) is 24.3 Å². The Morgan fingerprint density at radius 1 is 1.13 bits per heavy atom. The molecule has 0 aliphatic heterocycles. The summed E-state index contributed by atoms with van der Waals surface area (Å²) in [5, 5.41) is 12.8. The highest BCUT2D eigenvalue weighted by Gasteiger charge is 2.15. The number of hydrogen-bond acceptors (Lipinski definition) is 2. The van der Waals surface area contributed by atoms with Crippen LogP contribution in [0.2, 0.25) is 10.0 Å². The van der Waals surface area contributed by atoms with E-state index in [1.165, 1.54) is 18.2 Å². The summed E-state index contributed by atoms with van der Waals surface area (Å²) in [5.74, 6) is -1.03. The fraction of sp³-hybridized carbons (Fsp3) is 0.130. The topological polar surface area (TPSA) is 57.8 Å². The minimum Gasteiger partial charge on any atom is -0.321 e. The van der Waals surface area contributed by atoms with Crippen LogP contribution in [0.1, 0.15) is 22.5 Å². The Balaban J connectivity index is 1.96. The van der Waals surface area contributed by atoms with Crippen LogP contribution in [-0.4, -0.2) is 10.5 Å². The van der Waals surface area contributed by atoms with Gasteiger partial charge in [-0.05, 0) is 74.4 Å². The van der Waals surface area contributed by atoms with Crippen molar-refractivity contribution in [2.45, 2.75) is 20.8 Å². The molecule has 0 saturated heterocycles. The fourth-order valence-electron chi connectivity index (χ4n) is 3.18. The van der Waals surface area contributed by atoms with E-state index in [9.17, 15) is 14.4 Å². The summed E-state index contributed by atoms with van der Waals surface area (Å²) in [4.78, 5) is 12.7. The van der Waals surface area contributed by atoms with Crippen molar-refractivity contribution in [3.8, 4) is 11.8 Å². The van der Waals surface area contributed by atoms with Crippen molar-refractivity contribution in [3.05, 3.63) is 86.4 Å². The molecular weight excluding hydrogens is 424 g/mol. The lowest BCUT2D eigenvalue weighted by Gasteiger charge is -2.10. The van der Waals surface area contributed by atoms with Crippen molar-refractivity contribution in [2.24, 2.45) is 0 Å². The lowest BCUT2D eigenvalue weighted by Crippen LogP contribution is -2.14. The third kappa shape index (κ3) is 4.40. The minimum absolute atomic E-state index is 0.0195. The summed E-state index contributed by atoms with van der Waals surface area (Å²) in [6.07, 6.45) is 1.53. The van der Waals surface area contributed by atoms with Gasteiger partial charge in [0.05, 0.1) is 5.02 Å². The molecule has 1 aromatic heterocycles. The molecule has 0 fully saturated rings. The van der Waals surface area contributed by atoms with Crippen molar-refractivity contribution in [2.75, 3.05) is 5.32 Å². The Morgan fingerprint density at radius 2 is 1.87 bits per heavy atom. The lowest BCUT2D eigenvalue weighted by atomic mass is 10.1. The monoisotopic (exact) mass is 441 g/mol. The molecule has 152 valence electrons. The van der Waals surface area contributed by atoms with Gasteiger partial charge >= 0.3 is 0 Å². The number of rotatable bonds is 4. The Kier molecular flexibility index (Phi) is 6.31. The van der Waals surface area contributed by atoms with Crippen LogP contribution in [0, 0.1) is 37.9 Å². The van der Waals surface area contributed by atoms with Gasteiger partial charge in [-0.2, -0.15) is 5.26 Å². The zero-order valence-electron chi connectivity index (χ0n) is 16.6. The average Bonchev–Trinajstić information content (AvgIpc) is 2.98. The van der Waals surface area contributed by atoms with Crippen LogP contribution in [0.3, 0.4) is 0 Å². The maximum absolute atomic E-state index is 13.5. The molecule has 0 spiro atoms. The molecule has 0 atom stereocenters. The number of nitriles is 1. The average molecular weight is 442 g/mol. The van der Waals surface area contributed by atoms with Gasteiger partial charge in [0.1, 0.15) is 17.5 Å². The Bertz CT molecular complexity index is 1220. The number of nitrogens with zero attached hydrogens (tertiary/aromatic N) is 2. The van der Waals surface area contributed by atoms with Gasteiger partial charge in [-0.25, -0.2) is 4.39 Å². The number of benzene rings is 2. The first-order valence-electron chi connectivity index (χ1n) is 9.05. The molecular formula is C23H18Cl2FN3O. The number of nitrogens with one attached hydrogen (secondary N) is 1. The van der Waals surface area contributed by atoms with Gasteiger partial charge in [-0.15, -0.1) is 0 Å². The second-order valence-corrected chi connectivity index (χ2v) is 7.69. The van der Waals surface area contributed by atoms with Crippen molar-refractivity contribution in [1.29, 1.82) is 5.26 Å². The Morgan fingerprint density at radius 3 is 2.53 bits per heavy atom. The standard InChI is InChI=1S/C23H18Cl2FN3O/c1-13-4-5-18(24)10-22(13)28-23(30)17(12-27)9-16-8-14(2)29(15(16)3)19-6-7-21(26)20(25)11-19/h4-11H,1-3H3,(H,28,30)/b17-9-. The van der Waals surface area contributed by atoms with Crippen LogP contribution >= 0.6 is 23.2 Å². The van der Waals surface area contributed by atoms with Crippen molar-refractivity contribution in [1.82, 2.24) is 4.57 Å². The van der Waals surface area contributed by atoms with Crippen molar-refractivity contribution in [3.63, 3.8) is 0 Å². The predicted molar refractivity (Wildman–Crippen MR) is 119 cm³/mol. The zero-order valence-corrected chi connectivity index (χ0v) is 18.1. The molecule has 0 saturated carbocycles. The number of carbonyl (C=O) groups excluding carboxylic acids is 1. The number of aryl methyl sites for hydroxylation is 2. The van der Waals surface area contributed by atoms with Crippen LogP contribution in [-0.2, 0) is 4.79 Å². The van der Waals surface area contributed by atoms with E-state index in [-0.39, 0.29) is 10.6 Å². The first kappa shape index (κ1) is 21.6. The molecule has 30 heavy (non-hydrogen) atoms. The molecule has 0 radical (unpaired) electrons. The van der Waals surface area contributed by atoms with Gasteiger partial charge in [0.2, 0.25) is 0 Å². The number of aromatic nitrogens is 1. The molecule has 7 heteroatoms. The summed E-state index contributed by atoms with van der Waals surface area (Å²) in [7, 11) is 0. The third-order valence-corrected chi connectivity index (χ3v) is 5.27. The maximum Gasteiger partial charge on any atom is 0.266 e. The van der Waals surface area contributed by atoms with Gasteiger partial charge in [0.25, 0.3) is 5.91 Å². The van der Waals surface area contributed by atoms with Crippen LogP contribution in [0.4, 0.5) is 10.1 Å². The highest BCUT2D eigenvalue weighted by Crippen LogP contribution is 2.26. The first-order valence-corrected chi connectivity index (χ1v) is 9.80. The normalized spacial score (nSPS) is 11.3. The lowest BCUT2D eigenvalue weighted by molar-refractivity contribution is -0.112. The summed E-state index contributed by atoms with van der Waals surface area (Å²) in [6, 6.07) is 13.4. The summed E-state index contributed by atoms with van der Waals surface area (Å²) in [6.45, 7) is 5.57. The molecule has 4 nitrogen and oxygen atoms in total. The van der Waals surface area contributed by atoms with E-state index in [0.717, 1.165) is 17.0 Å². The van der Waals surface area contributed by atoms with E-state index in [4.69, 9.17) is 23.2 Å². The molecule has 0 aliphatic carbocycles. The molecule has 3 rings (SSSR count). The first-order chi connectivity index (χ1) is 14.2. The van der Waals surface area contributed by atoms with Crippen LogP contribution in [0.25, 0.3) is 11.8 Å². The number of hydrogen-bond donors (Lipinski definition) is 1. The van der Waals surface area contributed by atoms with Crippen molar-refractivity contribution < 1.29 is 9.18 Å². The molecule has 1 amide bonds. The van der Waals surface area contributed by atoms with Gasteiger partial charge in [0.15, 0.2) is 0 Å². The van der Waals surface area contributed by atoms with E-state index < -0.39 is 11.7 Å². The van der Waals surface area contributed by atoms with E-state index in [1.807, 2.05) is 37.5 Å². The van der Waals surface area contributed by atoms with E-state index in [2.05, 4.69) is 5.32 Å². The maximum atomic E-state index is 13.5. The Labute approximate surface area is 184 Å². The number of halogens is 3. The molecule has 2 aromatic carbocycles. The van der Waals surface area contributed by atoms with Gasteiger partial charge in [0, 0.05) is 27.8 Å². The Hall–Kier alpha value is -3.07. The van der Waals surface area contributed by atoms with E-state index >= 15 is 0 Å². The summed E-state index contributed by atoms with van der Waals surface area (Å²) < 4.78 is 15.4. The highest BCUT2D eigenvalue weighted by atomic mass is 35.5. The molecule has 0 unspecified atom stereocenters. The largest absolute Gasteiger partial charge is 0.321 e. The SMILES string of the molecule is Cc1ccc(Cl)cc1NC(=O)/C(C#N)=C\c1cc(C)n(-c2ccc(F)c(Cl)c2)c1C. The van der Waals surface area contributed by atoms with Crippen molar-refractivity contribution >= 4 is 40.9 Å². The molecule has 1 N–H and O–H groups in total. The second kappa shape index (κ2) is 8.74. The van der Waals surface area contributed by atoms with Crippen LogP contribution in [0.5, 0.6) is 0 Å². The van der Waals surface area contributed by atoms with Gasteiger partial charge in [-0.3, -0.25) is 4.79 Å². The predicted octanol–water partition coefficient (Wildman–Crippen LogP) is 6.39. The fourth-order valence-corrected chi connectivity index (χ4v) is 3.52. The minimum atomic E-state index is -0.530. The summed E-state index contributed by atoms with van der Waals surface area (Å²) in [5.41, 5.74) is 4.35. The molecule has 0 bridgehead atoms. The van der Waals surface area contributed by atoms with Gasteiger partial charge in [-0.1, -0.05) is 29.3 Å². The number of anilines is 1.